The van der Waals surface area contributed by atoms with Crippen LogP contribution in [0.5, 0.6) is 11.5 Å². The van der Waals surface area contributed by atoms with Gasteiger partial charge in [0.05, 0.1) is 19.7 Å². The number of fused-ring (bicyclic) bond motifs is 1. The van der Waals surface area contributed by atoms with Crippen LogP contribution in [0.25, 0.3) is 17.0 Å². The van der Waals surface area contributed by atoms with Gasteiger partial charge in [-0.15, -0.1) is 0 Å². The number of amides is 1. The molecule has 2 heterocycles. The number of aromatic nitrogens is 2. The molecule has 1 aliphatic heterocycles. The van der Waals surface area contributed by atoms with Crippen LogP contribution in [0.3, 0.4) is 0 Å². The number of carbonyl (C=O) groups excluding carboxylic acids is 1. The van der Waals surface area contributed by atoms with E-state index < -0.39 is 0 Å². The Morgan fingerprint density at radius 3 is 2.34 bits per heavy atom. The number of rotatable bonds is 5. The average molecular weight is 498 g/mol. The van der Waals surface area contributed by atoms with Crippen LogP contribution in [0, 0.1) is 0 Å². The van der Waals surface area contributed by atoms with E-state index in [9.17, 15) is 4.79 Å². The van der Waals surface area contributed by atoms with Crippen molar-refractivity contribution in [3.63, 3.8) is 0 Å². The molecule has 1 amide bonds. The van der Waals surface area contributed by atoms with Crippen LogP contribution >= 0.6 is 15.9 Å². The molecule has 0 aliphatic carbocycles. The highest BCUT2D eigenvalue weighted by atomic mass is 79.9. The second kappa shape index (κ2) is 9.44. The number of hydrogen-bond acceptors (Lipinski definition) is 7. The molecule has 1 aromatic heterocycles. The fourth-order valence-corrected chi connectivity index (χ4v) is 3.85. The lowest BCUT2D eigenvalue weighted by Gasteiger charge is -2.34. The Morgan fingerprint density at radius 2 is 1.69 bits per heavy atom. The molecule has 0 atom stereocenters. The summed E-state index contributed by atoms with van der Waals surface area (Å²) in [6, 6.07) is 11.4. The molecule has 2 aromatic carbocycles. The lowest BCUT2D eigenvalue weighted by Crippen LogP contribution is -2.48. The first-order valence-electron chi connectivity index (χ1n) is 10.1. The van der Waals surface area contributed by atoms with Crippen molar-refractivity contribution in [3.05, 3.63) is 52.5 Å². The SMILES string of the molecule is COc1cc2nc(N3CCN(C(=O)C=Cc4ccc(Br)cc4)CC3)nc(N)c2cc1OC. The molecule has 1 saturated heterocycles. The Labute approximate surface area is 194 Å². The van der Waals surface area contributed by atoms with Crippen LogP contribution in [-0.2, 0) is 4.79 Å². The number of methoxy groups -OCH3 is 2. The van der Waals surface area contributed by atoms with Gasteiger partial charge in [0.15, 0.2) is 11.5 Å². The third-order valence-electron chi connectivity index (χ3n) is 5.38. The van der Waals surface area contributed by atoms with Gasteiger partial charge in [-0.2, -0.15) is 4.98 Å². The van der Waals surface area contributed by atoms with Crippen LogP contribution < -0.4 is 20.1 Å². The second-order valence-electron chi connectivity index (χ2n) is 7.33. The molecule has 8 nitrogen and oxygen atoms in total. The van der Waals surface area contributed by atoms with E-state index in [2.05, 4.69) is 25.9 Å². The van der Waals surface area contributed by atoms with E-state index in [1.807, 2.05) is 40.1 Å². The Morgan fingerprint density at radius 1 is 1.03 bits per heavy atom. The minimum atomic E-state index is -0.0108. The van der Waals surface area contributed by atoms with Gasteiger partial charge in [-0.25, -0.2) is 4.98 Å². The zero-order valence-electron chi connectivity index (χ0n) is 17.9. The van der Waals surface area contributed by atoms with E-state index in [-0.39, 0.29) is 5.91 Å². The van der Waals surface area contributed by atoms with E-state index in [0.717, 1.165) is 10.0 Å². The molecule has 4 rings (SSSR count). The van der Waals surface area contributed by atoms with Crippen molar-refractivity contribution < 1.29 is 14.3 Å². The van der Waals surface area contributed by atoms with Crippen LogP contribution in [0.15, 0.2) is 46.9 Å². The summed E-state index contributed by atoms with van der Waals surface area (Å²) in [5, 5.41) is 0.707. The smallest absolute Gasteiger partial charge is 0.246 e. The monoisotopic (exact) mass is 497 g/mol. The zero-order chi connectivity index (χ0) is 22.7. The maximum Gasteiger partial charge on any atom is 0.246 e. The van der Waals surface area contributed by atoms with Gasteiger partial charge in [-0.1, -0.05) is 28.1 Å². The van der Waals surface area contributed by atoms with Crippen molar-refractivity contribution in [2.75, 3.05) is 51.0 Å². The van der Waals surface area contributed by atoms with Crippen LogP contribution in [0.1, 0.15) is 5.56 Å². The third-order valence-corrected chi connectivity index (χ3v) is 5.91. The molecule has 1 aliphatic rings. The maximum absolute atomic E-state index is 12.6. The van der Waals surface area contributed by atoms with E-state index in [1.54, 1.807) is 32.4 Å². The van der Waals surface area contributed by atoms with Crippen molar-refractivity contribution in [2.45, 2.75) is 0 Å². The Hall–Kier alpha value is -3.33. The van der Waals surface area contributed by atoms with Crippen LogP contribution in [-0.4, -0.2) is 61.2 Å². The van der Waals surface area contributed by atoms with Gasteiger partial charge in [0.1, 0.15) is 5.82 Å². The number of nitrogens with two attached hydrogens (primary N) is 1. The standard InChI is InChI=1S/C23H24BrN5O3/c1-31-19-13-17-18(14-20(19)32-2)26-23(27-22(17)25)29-11-9-28(10-12-29)21(30)8-5-15-3-6-16(24)7-4-15/h3-8,13-14H,9-12H2,1-2H3,(H2,25,26,27). The number of ether oxygens (including phenoxy) is 2. The van der Waals surface area contributed by atoms with E-state index in [0.29, 0.717) is 60.3 Å². The van der Waals surface area contributed by atoms with Gasteiger partial charge in [-0.3, -0.25) is 4.79 Å². The summed E-state index contributed by atoms with van der Waals surface area (Å²) < 4.78 is 11.7. The molecule has 1 fully saturated rings. The highest BCUT2D eigenvalue weighted by molar-refractivity contribution is 9.10. The number of halogens is 1. The minimum Gasteiger partial charge on any atom is -0.493 e. The quantitative estimate of drug-likeness (QED) is 0.540. The molecule has 32 heavy (non-hydrogen) atoms. The van der Waals surface area contributed by atoms with Gasteiger partial charge in [0, 0.05) is 48.2 Å². The van der Waals surface area contributed by atoms with Gasteiger partial charge in [0.2, 0.25) is 11.9 Å². The highest BCUT2D eigenvalue weighted by Gasteiger charge is 2.22. The number of anilines is 2. The van der Waals surface area contributed by atoms with Crippen molar-refractivity contribution in [3.8, 4) is 11.5 Å². The Balaban J connectivity index is 1.45. The maximum atomic E-state index is 12.6. The van der Waals surface area contributed by atoms with E-state index in [4.69, 9.17) is 15.2 Å². The number of carbonyl (C=O) groups is 1. The molecular weight excluding hydrogens is 474 g/mol. The first kappa shape index (κ1) is 21.9. The van der Waals surface area contributed by atoms with E-state index >= 15 is 0 Å². The van der Waals surface area contributed by atoms with Gasteiger partial charge < -0.3 is 25.0 Å². The predicted octanol–water partition coefficient (Wildman–Crippen LogP) is 3.35. The molecule has 0 radical (unpaired) electrons. The summed E-state index contributed by atoms with van der Waals surface area (Å²) in [7, 11) is 3.15. The third kappa shape index (κ3) is 4.62. The molecule has 2 N–H and O–H groups in total. The van der Waals surface area contributed by atoms with Crippen molar-refractivity contribution in [1.29, 1.82) is 0 Å². The lowest BCUT2D eigenvalue weighted by molar-refractivity contribution is -0.126. The first-order valence-corrected chi connectivity index (χ1v) is 10.9. The van der Waals surface area contributed by atoms with Gasteiger partial charge in [0.25, 0.3) is 0 Å². The van der Waals surface area contributed by atoms with Crippen molar-refractivity contribution >= 4 is 50.6 Å². The molecule has 0 unspecified atom stereocenters. The summed E-state index contributed by atoms with van der Waals surface area (Å²) in [6.07, 6.45) is 3.44. The number of benzene rings is 2. The number of piperazine rings is 1. The summed E-state index contributed by atoms with van der Waals surface area (Å²) in [6.45, 7) is 2.40. The minimum absolute atomic E-state index is 0.0108. The first-order chi connectivity index (χ1) is 15.5. The summed E-state index contributed by atoms with van der Waals surface area (Å²) in [5.41, 5.74) is 7.87. The fourth-order valence-electron chi connectivity index (χ4n) is 3.58. The summed E-state index contributed by atoms with van der Waals surface area (Å²) >= 11 is 3.41. The number of nitrogens with zero attached hydrogens (tertiary/aromatic N) is 4. The lowest BCUT2D eigenvalue weighted by atomic mass is 10.2. The number of hydrogen-bond donors (Lipinski definition) is 1. The summed E-state index contributed by atoms with van der Waals surface area (Å²) in [4.78, 5) is 25.6. The largest absolute Gasteiger partial charge is 0.493 e. The van der Waals surface area contributed by atoms with Gasteiger partial charge in [-0.05, 0) is 29.8 Å². The molecule has 9 heteroatoms. The molecule has 0 saturated carbocycles. The summed E-state index contributed by atoms with van der Waals surface area (Å²) in [5.74, 6) is 2.06. The fraction of sp³-hybridized carbons (Fsp3) is 0.261. The topological polar surface area (TPSA) is 93.8 Å². The molecule has 3 aromatic rings. The normalized spacial score (nSPS) is 14.2. The average Bonchev–Trinajstić information content (AvgIpc) is 2.82. The second-order valence-corrected chi connectivity index (χ2v) is 8.25. The predicted molar refractivity (Wildman–Crippen MR) is 129 cm³/mol. The highest BCUT2D eigenvalue weighted by Crippen LogP contribution is 2.34. The molecule has 166 valence electrons. The number of nitrogen functional groups attached to an aromatic ring is 1. The molecular formula is C23H24BrN5O3. The van der Waals surface area contributed by atoms with Crippen molar-refractivity contribution in [2.24, 2.45) is 0 Å². The van der Waals surface area contributed by atoms with Crippen molar-refractivity contribution in [1.82, 2.24) is 14.9 Å². The Bertz CT molecular complexity index is 1160. The van der Waals surface area contributed by atoms with E-state index in [1.165, 1.54) is 0 Å². The van der Waals surface area contributed by atoms with Crippen LogP contribution in [0.4, 0.5) is 11.8 Å². The van der Waals surface area contributed by atoms with Crippen LogP contribution in [0.2, 0.25) is 0 Å². The zero-order valence-corrected chi connectivity index (χ0v) is 19.5. The molecule has 0 spiro atoms. The van der Waals surface area contributed by atoms with Gasteiger partial charge >= 0.3 is 0 Å². The molecule has 0 bridgehead atoms. The Kier molecular flexibility index (Phi) is 6.45.